The van der Waals surface area contributed by atoms with Gasteiger partial charge in [0, 0.05) is 16.0 Å². The van der Waals surface area contributed by atoms with Crippen molar-refractivity contribution in [1.82, 2.24) is 10.3 Å². The monoisotopic (exact) mass is 349 g/mol. The van der Waals surface area contributed by atoms with Gasteiger partial charge in [0.15, 0.2) is 0 Å². The topological polar surface area (TPSA) is 54.0 Å². The van der Waals surface area contributed by atoms with Gasteiger partial charge in [0.25, 0.3) is 5.91 Å². The van der Waals surface area contributed by atoms with Crippen LogP contribution in [0.2, 0.25) is 4.34 Å². The largest absolute Gasteiger partial charge is 0.359 e. The molecule has 2 N–H and O–H groups in total. The van der Waals surface area contributed by atoms with E-state index in [1.165, 1.54) is 22.7 Å². The zero-order valence-electron chi connectivity index (χ0n) is 11.9. The van der Waals surface area contributed by atoms with Gasteiger partial charge in [-0.25, -0.2) is 4.98 Å². The predicted molar refractivity (Wildman–Crippen MR) is 92.3 cm³/mol. The molecule has 0 aromatic carbocycles. The Morgan fingerprint density at radius 2 is 2.05 bits per heavy atom. The van der Waals surface area contributed by atoms with Crippen molar-refractivity contribution in [1.29, 1.82) is 0 Å². The second kappa shape index (κ2) is 4.94. The number of anilines is 1. The molecule has 1 atom stereocenters. The summed E-state index contributed by atoms with van der Waals surface area (Å²) in [6.07, 6.45) is -0.254. The summed E-state index contributed by atoms with van der Waals surface area (Å²) in [5, 5.41) is 7.45. The van der Waals surface area contributed by atoms with Crippen molar-refractivity contribution >= 4 is 56.1 Å². The first-order valence-corrected chi connectivity index (χ1v) is 8.77. The normalized spacial score (nSPS) is 17.2. The minimum atomic E-state index is -0.254. The number of rotatable bonds is 1. The molecule has 0 unspecified atom stereocenters. The third-order valence-electron chi connectivity index (χ3n) is 3.64. The lowest BCUT2D eigenvalue weighted by Crippen LogP contribution is -2.37. The average molecular weight is 350 g/mol. The van der Waals surface area contributed by atoms with Gasteiger partial charge in [-0.05, 0) is 37.6 Å². The molecule has 0 fully saturated rings. The molecule has 1 amide bonds. The second-order valence-corrected chi connectivity index (χ2v) is 8.01. The third-order valence-corrected chi connectivity index (χ3v) is 6.01. The minimum Gasteiger partial charge on any atom is -0.359 e. The zero-order chi connectivity index (χ0) is 15.4. The molecule has 1 aliphatic rings. The van der Waals surface area contributed by atoms with Crippen molar-refractivity contribution in [2.24, 2.45) is 0 Å². The average Bonchev–Trinajstić information content (AvgIpc) is 3.02. The Kier molecular flexibility index (Phi) is 3.14. The second-order valence-electron chi connectivity index (χ2n) is 5.26. The van der Waals surface area contributed by atoms with Crippen LogP contribution < -0.4 is 10.6 Å². The van der Waals surface area contributed by atoms with Gasteiger partial charge in [-0.15, -0.1) is 22.7 Å². The van der Waals surface area contributed by atoms with Crippen molar-refractivity contribution in [3.8, 4) is 0 Å². The Labute approximate surface area is 140 Å². The fraction of sp³-hybridized carbons (Fsp3) is 0.200. The maximum absolute atomic E-state index is 12.4. The first-order chi connectivity index (χ1) is 10.5. The number of carbonyl (C=O) groups excluding carboxylic acids is 1. The molecule has 1 aliphatic heterocycles. The van der Waals surface area contributed by atoms with Gasteiger partial charge >= 0.3 is 0 Å². The van der Waals surface area contributed by atoms with Crippen LogP contribution in [0.25, 0.3) is 10.2 Å². The Bertz CT molecular complexity index is 915. The summed E-state index contributed by atoms with van der Waals surface area (Å²) >= 11 is 8.89. The van der Waals surface area contributed by atoms with E-state index in [-0.39, 0.29) is 12.1 Å². The lowest BCUT2D eigenvalue weighted by Gasteiger charge is -2.25. The third kappa shape index (κ3) is 2.10. The summed E-state index contributed by atoms with van der Waals surface area (Å²) in [7, 11) is 0. The molecule has 4 nitrogen and oxygen atoms in total. The number of hydrogen-bond donors (Lipinski definition) is 2. The maximum Gasteiger partial charge on any atom is 0.265 e. The number of pyridine rings is 1. The first kappa shape index (κ1) is 14.0. The molecule has 0 aliphatic carbocycles. The van der Waals surface area contributed by atoms with Crippen LogP contribution in [0.5, 0.6) is 0 Å². The number of amides is 1. The summed E-state index contributed by atoms with van der Waals surface area (Å²) in [5.41, 5.74) is 2.97. The number of halogens is 1. The predicted octanol–water partition coefficient (Wildman–Crippen LogP) is 4.48. The summed E-state index contributed by atoms with van der Waals surface area (Å²) in [5.74, 6) is -0.0664. The van der Waals surface area contributed by atoms with Crippen molar-refractivity contribution in [2.45, 2.75) is 20.0 Å². The molecule has 22 heavy (non-hydrogen) atoms. The van der Waals surface area contributed by atoms with Gasteiger partial charge in [-0.2, -0.15) is 0 Å². The van der Waals surface area contributed by atoms with E-state index in [1.807, 2.05) is 25.1 Å². The molecule has 0 saturated carbocycles. The Balaban J connectivity index is 1.87. The molecule has 0 saturated heterocycles. The Hall–Kier alpha value is -1.63. The number of carbonyl (C=O) groups is 1. The number of thiophene rings is 2. The number of nitrogens with zero attached hydrogens (tertiary/aromatic N) is 1. The van der Waals surface area contributed by atoms with E-state index in [1.54, 1.807) is 0 Å². The van der Waals surface area contributed by atoms with Gasteiger partial charge in [0.05, 0.1) is 10.0 Å². The van der Waals surface area contributed by atoms with Crippen molar-refractivity contribution < 1.29 is 4.79 Å². The van der Waals surface area contributed by atoms with E-state index < -0.39 is 0 Å². The number of nitrogens with one attached hydrogen (secondary N) is 2. The molecule has 112 valence electrons. The fourth-order valence-corrected chi connectivity index (χ4v) is 4.97. The number of aryl methyl sites for hydroxylation is 2. The lowest BCUT2D eigenvalue weighted by atomic mass is 10.1. The number of fused-ring (bicyclic) bond motifs is 3. The highest BCUT2D eigenvalue weighted by molar-refractivity contribution is 7.21. The molecule has 0 bridgehead atoms. The van der Waals surface area contributed by atoms with Crippen LogP contribution in [0.15, 0.2) is 18.2 Å². The maximum atomic E-state index is 12.4. The molecule has 4 rings (SSSR count). The summed E-state index contributed by atoms with van der Waals surface area (Å²) in [6, 6.07) is 5.81. The molecule has 3 aromatic heterocycles. The van der Waals surface area contributed by atoms with Crippen LogP contribution in [0.4, 0.5) is 5.69 Å². The lowest BCUT2D eigenvalue weighted by molar-refractivity contribution is 0.0941. The van der Waals surface area contributed by atoms with Crippen LogP contribution in [0.1, 0.15) is 32.0 Å². The van der Waals surface area contributed by atoms with E-state index in [4.69, 9.17) is 11.6 Å². The van der Waals surface area contributed by atoms with Crippen LogP contribution in [0, 0.1) is 13.8 Å². The van der Waals surface area contributed by atoms with Crippen molar-refractivity contribution in [2.75, 3.05) is 5.32 Å². The smallest absolute Gasteiger partial charge is 0.265 e. The van der Waals surface area contributed by atoms with Crippen molar-refractivity contribution in [3.63, 3.8) is 0 Å². The zero-order valence-corrected chi connectivity index (χ0v) is 14.2. The van der Waals surface area contributed by atoms with Crippen LogP contribution in [-0.4, -0.2) is 10.9 Å². The summed E-state index contributed by atoms with van der Waals surface area (Å²) in [6.45, 7) is 4.02. The van der Waals surface area contributed by atoms with Gasteiger partial charge in [-0.3, -0.25) is 4.79 Å². The highest BCUT2D eigenvalue weighted by Crippen LogP contribution is 2.41. The van der Waals surface area contributed by atoms with E-state index in [0.717, 1.165) is 32.0 Å². The molecule has 3 aromatic rings. The van der Waals surface area contributed by atoms with Gasteiger partial charge in [-0.1, -0.05) is 11.6 Å². The summed E-state index contributed by atoms with van der Waals surface area (Å²) < 4.78 is 0.709. The molecule has 0 spiro atoms. The molecule has 0 radical (unpaired) electrons. The summed E-state index contributed by atoms with van der Waals surface area (Å²) in [4.78, 5) is 19.6. The van der Waals surface area contributed by atoms with Crippen molar-refractivity contribution in [3.05, 3.63) is 43.5 Å². The number of aromatic nitrogens is 1. The Morgan fingerprint density at radius 1 is 1.23 bits per heavy atom. The van der Waals surface area contributed by atoms with Gasteiger partial charge in [0.1, 0.15) is 15.9 Å². The molecular weight excluding hydrogens is 338 g/mol. The molecule has 4 heterocycles. The highest BCUT2D eigenvalue weighted by Gasteiger charge is 2.30. The fourth-order valence-electron chi connectivity index (χ4n) is 2.74. The molecule has 7 heteroatoms. The first-order valence-electron chi connectivity index (χ1n) is 6.76. The van der Waals surface area contributed by atoms with Crippen LogP contribution >= 0.6 is 34.3 Å². The quantitative estimate of drug-likeness (QED) is 0.681. The minimum absolute atomic E-state index is 0.0664. The van der Waals surface area contributed by atoms with Crippen LogP contribution in [0.3, 0.4) is 0 Å². The van der Waals surface area contributed by atoms with E-state index in [9.17, 15) is 4.79 Å². The number of hydrogen-bond acceptors (Lipinski definition) is 5. The van der Waals surface area contributed by atoms with E-state index in [2.05, 4.69) is 22.5 Å². The standard InChI is InChI=1S/C15H12ClN3OS2/c1-6-5-7(2)17-15-10(6)11-12(22-15)14(20)19-13(18-11)8-3-4-9(16)21-8/h3-5,13,18H,1-2H3,(H,19,20)/t13-/m0/s1. The van der Waals surface area contributed by atoms with Crippen LogP contribution in [-0.2, 0) is 0 Å². The highest BCUT2D eigenvalue weighted by atomic mass is 35.5. The van der Waals surface area contributed by atoms with E-state index in [0.29, 0.717) is 9.21 Å². The van der Waals surface area contributed by atoms with Gasteiger partial charge in [0.2, 0.25) is 0 Å². The SMILES string of the molecule is Cc1cc(C)c2c3c(sc2n1)C(=O)N[C@@H](c1ccc(Cl)s1)N3. The van der Waals surface area contributed by atoms with E-state index >= 15 is 0 Å². The molecular formula is C15H12ClN3OS2. The van der Waals surface area contributed by atoms with Gasteiger partial charge < -0.3 is 10.6 Å². The Morgan fingerprint density at radius 3 is 2.77 bits per heavy atom.